The van der Waals surface area contributed by atoms with Crippen molar-refractivity contribution in [2.45, 2.75) is 32.4 Å². The molecule has 0 saturated heterocycles. The second-order valence-corrected chi connectivity index (χ2v) is 5.15. The minimum absolute atomic E-state index is 0.238. The van der Waals surface area contributed by atoms with Crippen molar-refractivity contribution in [3.8, 4) is 0 Å². The topological polar surface area (TPSA) is 38.0 Å². The van der Waals surface area contributed by atoms with E-state index in [0.717, 1.165) is 10.8 Å². The van der Waals surface area contributed by atoms with Crippen molar-refractivity contribution in [2.24, 2.45) is 5.73 Å². The Kier molecular flexibility index (Phi) is 4.89. The van der Waals surface area contributed by atoms with Crippen LogP contribution in [0.1, 0.15) is 31.2 Å². The predicted molar refractivity (Wildman–Crippen MR) is 64.0 cm³/mol. The smallest absolute Gasteiger partial charge is 0.0931 e. The highest BCUT2D eigenvalue weighted by Crippen LogP contribution is 2.26. The van der Waals surface area contributed by atoms with E-state index in [-0.39, 0.29) is 6.04 Å². The lowest BCUT2D eigenvalue weighted by Crippen LogP contribution is -2.34. The van der Waals surface area contributed by atoms with Crippen LogP contribution in [0.15, 0.2) is 12.1 Å². The molecular formula is C10H17ClN2S. The van der Waals surface area contributed by atoms with Crippen LogP contribution in [0.4, 0.5) is 0 Å². The molecule has 1 rings (SSSR count). The molecular weight excluding hydrogens is 216 g/mol. The molecule has 0 aliphatic heterocycles. The third-order valence-electron chi connectivity index (χ3n) is 2.27. The number of hydrogen-bond acceptors (Lipinski definition) is 3. The molecule has 0 radical (unpaired) electrons. The fraction of sp³-hybridized carbons (Fsp3) is 0.600. The fourth-order valence-electron chi connectivity index (χ4n) is 1.24. The van der Waals surface area contributed by atoms with Crippen molar-refractivity contribution in [2.75, 3.05) is 6.54 Å². The van der Waals surface area contributed by atoms with Gasteiger partial charge in [-0.15, -0.1) is 11.3 Å². The Bertz CT molecular complexity index is 275. The molecule has 1 heterocycles. The van der Waals surface area contributed by atoms with Gasteiger partial charge in [-0.1, -0.05) is 18.5 Å². The van der Waals surface area contributed by atoms with Gasteiger partial charge in [0, 0.05) is 17.5 Å². The van der Waals surface area contributed by atoms with Gasteiger partial charge in [-0.3, -0.25) is 0 Å². The summed E-state index contributed by atoms with van der Waals surface area (Å²) in [7, 11) is 0. The lowest BCUT2D eigenvalue weighted by Gasteiger charge is -2.19. The molecule has 0 spiro atoms. The van der Waals surface area contributed by atoms with Gasteiger partial charge in [0.1, 0.15) is 0 Å². The number of halogens is 1. The van der Waals surface area contributed by atoms with Crippen LogP contribution in [0.25, 0.3) is 0 Å². The average Bonchev–Trinajstić information content (AvgIpc) is 2.60. The zero-order valence-electron chi connectivity index (χ0n) is 8.59. The van der Waals surface area contributed by atoms with Gasteiger partial charge in [-0.25, -0.2) is 0 Å². The number of nitrogens with one attached hydrogen (secondary N) is 1. The molecule has 2 atom stereocenters. The van der Waals surface area contributed by atoms with Crippen molar-refractivity contribution >= 4 is 22.9 Å². The largest absolute Gasteiger partial charge is 0.329 e. The van der Waals surface area contributed by atoms with E-state index in [1.54, 1.807) is 11.3 Å². The predicted octanol–water partition coefficient (Wildman–Crippen LogP) is 2.79. The highest BCUT2D eigenvalue weighted by molar-refractivity contribution is 7.16. The molecule has 2 unspecified atom stereocenters. The van der Waals surface area contributed by atoms with Crippen LogP contribution in [0.3, 0.4) is 0 Å². The first-order chi connectivity index (χ1) is 6.67. The molecule has 0 aliphatic rings. The maximum Gasteiger partial charge on any atom is 0.0931 e. The summed E-state index contributed by atoms with van der Waals surface area (Å²) in [6, 6.07) is 4.69. The van der Waals surface area contributed by atoms with Crippen molar-refractivity contribution in [1.82, 2.24) is 5.32 Å². The number of nitrogens with two attached hydrogens (primary N) is 1. The van der Waals surface area contributed by atoms with E-state index < -0.39 is 0 Å². The third kappa shape index (κ3) is 3.24. The molecule has 0 amide bonds. The Balaban J connectivity index is 2.62. The standard InChI is InChI=1S/C10H17ClN2S/c1-3-7(2)13-8(6-12)9-4-5-10(11)14-9/h4-5,7-8,13H,3,6,12H2,1-2H3. The second kappa shape index (κ2) is 5.71. The molecule has 2 nitrogen and oxygen atoms in total. The van der Waals surface area contributed by atoms with E-state index in [0.29, 0.717) is 12.6 Å². The summed E-state index contributed by atoms with van der Waals surface area (Å²) >= 11 is 7.48. The van der Waals surface area contributed by atoms with E-state index in [1.807, 2.05) is 12.1 Å². The first-order valence-corrected chi connectivity index (χ1v) is 6.08. The van der Waals surface area contributed by atoms with Crippen molar-refractivity contribution in [1.29, 1.82) is 0 Å². The third-order valence-corrected chi connectivity index (χ3v) is 3.62. The second-order valence-electron chi connectivity index (χ2n) is 3.41. The van der Waals surface area contributed by atoms with Gasteiger partial charge in [0.25, 0.3) is 0 Å². The fourth-order valence-corrected chi connectivity index (χ4v) is 2.38. The molecule has 0 bridgehead atoms. The highest BCUT2D eigenvalue weighted by Gasteiger charge is 2.13. The van der Waals surface area contributed by atoms with Crippen LogP contribution in [-0.2, 0) is 0 Å². The van der Waals surface area contributed by atoms with E-state index in [1.165, 1.54) is 4.88 Å². The molecule has 1 aromatic rings. The summed E-state index contributed by atoms with van der Waals surface area (Å²) in [6.45, 7) is 4.94. The van der Waals surface area contributed by atoms with Crippen molar-refractivity contribution in [3.05, 3.63) is 21.3 Å². The van der Waals surface area contributed by atoms with E-state index in [2.05, 4.69) is 19.2 Å². The Morgan fingerprint density at radius 1 is 1.57 bits per heavy atom. The summed E-state index contributed by atoms with van der Waals surface area (Å²) < 4.78 is 0.824. The Hall–Kier alpha value is -0.0900. The van der Waals surface area contributed by atoms with Crippen LogP contribution in [0.2, 0.25) is 4.34 Å². The minimum atomic E-state index is 0.238. The normalized spacial score (nSPS) is 15.4. The van der Waals surface area contributed by atoms with Crippen LogP contribution >= 0.6 is 22.9 Å². The number of rotatable bonds is 5. The zero-order valence-corrected chi connectivity index (χ0v) is 10.2. The van der Waals surface area contributed by atoms with Gasteiger partial charge >= 0.3 is 0 Å². The Morgan fingerprint density at radius 3 is 2.71 bits per heavy atom. The Labute approximate surface area is 94.5 Å². The first kappa shape index (κ1) is 12.0. The van der Waals surface area contributed by atoms with Gasteiger partial charge in [0.15, 0.2) is 0 Å². The molecule has 14 heavy (non-hydrogen) atoms. The van der Waals surface area contributed by atoms with Crippen molar-refractivity contribution < 1.29 is 0 Å². The molecule has 80 valence electrons. The SMILES string of the molecule is CCC(C)NC(CN)c1ccc(Cl)s1. The van der Waals surface area contributed by atoms with Crippen LogP contribution in [0.5, 0.6) is 0 Å². The minimum Gasteiger partial charge on any atom is -0.329 e. The molecule has 1 aromatic heterocycles. The molecule has 0 fully saturated rings. The van der Waals surface area contributed by atoms with E-state index in [9.17, 15) is 0 Å². The van der Waals surface area contributed by atoms with Gasteiger partial charge in [-0.2, -0.15) is 0 Å². The molecule has 0 saturated carbocycles. The molecule has 0 aromatic carbocycles. The lowest BCUT2D eigenvalue weighted by molar-refractivity contribution is 0.456. The van der Waals surface area contributed by atoms with Crippen LogP contribution in [-0.4, -0.2) is 12.6 Å². The summed E-state index contributed by atoms with van der Waals surface area (Å²) in [6.07, 6.45) is 1.11. The van der Waals surface area contributed by atoms with Crippen LogP contribution in [0, 0.1) is 0 Å². The van der Waals surface area contributed by atoms with Gasteiger partial charge < -0.3 is 11.1 Å². The molecule has 4 heteroatoms. The highest BCUT2D eigenvalue weighted by atomic mass is 35.5. The average molecular weight is 233 g/mol. The summed E-state index contributed by atoms with van der Waals surface area (Å²) in [4.78, 5) is 1.22. The summed E-state index contributed by atoms with van der Waals surface area (Å²) in [5.41, 5.74) is 5.72. The van der Waals surface area contributed by atoms with E-state index in [4.69, 9.17) is 17.3 Å². The summed E-state index contributed by atoms with van der Waals surface area (Å²) in [5, 5.41) is 3.47. The monoisotopic (exact) mass is 232 g/mol. The van der Waals surface area contributed by atoms with Gasteiger partial charge in [-0.05, 0) is 25.5 Å². The number of thiophene rings is 1. The van der Waals surface area contributed by atoms with Crippen LogP contribution < -0.4 is 11.1 Å². The quantitative estimate of drug-likeness (QED) is 0.820. The van der Waals surface area contributed by atoms with Crippen molar-refractivity contribution in [3.63, 3.8) is 0 Å². The first-order valence-electron chi connectivity index (χ1n) is 4.88. The van der Waals surface area contributed by atoms with Gasteiger partial charge in [0.2, 0.25) is 0 Å². The van der Waals surface area contributed by atoms with Gasteiger partial charge in [0.05, 0.1) is 10.4 Å². The summed E-state index contributed by atoms with van der Waals surface area (Å²) in [5.74, 6) is 0. The molecule has 0 aliphatic carbocycles. The zero-order chi connectivity index (χ0) is 10.6. The lowest BCUT2D eigenvalue weighted by atomic mass is 10.2. The molecule has 3 N–H and O–H groups in total. The maximum absolute atomic E-state index is 5.88. The number of hydrogen-bond donors (Lipinski definition) is 2. The maximum atomic E-state index is 5.88. The Morgan fingerprint density at radius 2 is 2.29 bits per heavy atom. The van der Waals surface area contributed by atoms with E-state index >= 15 is 0 Å².